The maximum absolute atomic E-state index is 5.80. The smallest absolute Gasteiger partial charge is 0.147 e. The summed E-state index contributed by atoms with van der Waals surface area (Å²) in [5.74, 6) is 2.00. The first-order valence-corrected chi connectivity index (χ1v) is 9.70. The number of hydrogen-bond acceptors (Lipinski definition) is 3. The summed E-state index contributed by atoms with van der Waals surface area (Å²) in [7, 11) is 0. The molecule has 0 saturated heterocycles. The van der Waals surface area contributed by atoms with Gasteiger partial charge in [-0.05, 0) is 85.2 Å². The molecule has 5 rings (SSSR count). The first kappa shape index (κ1) is 15.7. The van der Waals surface area contributed by atoms with Crippen molar-refractivity contribution in [1.82, 2.24) is 0 Å². The van der Waals surface area contributed by atoms with Crippen LogP contribution in [0.25, 0.3) is 32.4 Å². The summed E-state index contributed by atoms with van der Waals surface area (Å²) in [6.45, 7) is 8.44. The van der Waals surface area contributed by atoms with Crippen LogP contribution in [0.15, 0.2) is 45.6 Å². The van der Waals surface area contributed by atoms with E-state index in [1.54, 1.807) is 0 Å². The van der Waals surface area contributed by atoms with Crippen LogP contribution in [0.3, 0.4) is 0 Å². The summed E-state index contributed by atoms with van der Waals surface area (Å²) in [4.78, 5) is 2.61. The molecule has 26 heavy (non-hydrogen) atoms. The van der Waals surface area contributed by atoms with Gasteiger partial charge in [0.1, 0.15) is 11.5 Å². The van der Waals surface area contributed by atoms with Crippen molar-refractivity contribution in [2.45, 2.75) is 34.1 Å². The number of furan rings is 2. The maximum atomic E-state index is 5.80. The van der Waals surface area contributed by atoms with Crippen molar-refractivity contribution in [3.05, 3.63) is 70.2 Å². The van der Waals surface area contributed by atoms with Gasteiger partial charge < -0.3 is 8.83 Å². The van der Waals surface area contributed by atoms with E-state index in [9.17, 15) is 0 Å². The van der Waals surface area contributed by atoms with E-state index >= 15 is 0 Å². The first-order valence-electron chi connectivity index (χ1n) is 8.89. The summed E-state index contributed by atoms with van der Waals surface area (Å²) < 4.78 is 11.6. The Labute approximate surface area is 157 Å². The van der Waals surface area contributed by atoms with Gasteiger partial charge in [0.15, 0.2) is 0 Å². The molecule has 0 spiro atoms. The molecule has 0 aliphatic heterocycles. The predicted molar refractivity (Wildman–Crippen MR) is 107 cm³/mol. The third-order valence-electron chi connectivity index (χ3n) is 5.60. The Morgan fingerprint density at radius 1 is 0.808 bits per heavy atom. The molecule has 0 atom stereocenters. The number of hydrogen-bond donors (Lipinski definition) is 0. The molecule has 1 aromatic carbocycles. The molecule has 0 radical (unpaired) electrons. The molecule has 130 valence electrons. The van der Waals surface area contributed by atoms with Crippen molar-refractivity contribution >= 4 is 11.3 Å². The lowest BCUT2D eigenvalue weighted by atomic mass is 10.0. The van der Waals surface area contributed by atoms with Crippen molar-refractivity contribution < 1.29 is 8.83 Å². The molecule has 1 aliphatic carbocycles. The molecule has 3 aromatic heterocycles. The van der Waals surface area contributed by atoms with Crippen molar-refractivity contribution in [2.75, 3.05) is 0 Å². The van der Waals surface area contributed by atoms with E-state index in [0.29, 0.717) is 0 Å². The van der Waals surface area contributed by atoms with Gasteiger partial charge in [-0.25, -0.2) is 0 Å². The van der Waals surface area contributed by atoms with E-state index in [4.69, 9.17) is 8.83 Å². The van der Waals surface area contributed by atoms with E-state index in [2.05, 4.69) is 52.0 Å². The second-order valence-corrected chi connectivity index (χ2v) is 8.31. The van der Waals surface area contributed by atoms with Crippen LogP contribution >= 0.6 is 11.3 Å². The zero-order valence-corrected chi connectivity index (χ0v) is 16.2. The Bertz CT molecular complexity index is 1150. The minimum Gasteiger partial charge on any atom is -0.464 e. The molecule has 0 N–H and O–H groups in total. The lowest BCUT2D eigenvalue weighted by Crippen LogP contribution is -1.85. The van der Waals surface area contributed by atoms with Gasteiger partial charge in [-0.1, -0.05) is 12.1 Å². The van der Waals surface area contributed by atoms with Crippen LogP contribution in [0, 0.1) is 27.7 Å². The fourth-order valence-electron chi connectivity index (χ4n) is 3.74. The highest BCUT2D eigenvalue weighted by atomic mass is 32.1. The third kappa shape index (κ3) is 2.17. The Kier molecular flexibility index (Phi) is 3.32. The van der Waals surface area contributed by atoms with Crippen LogP contribution in [-0.4, -0.2) is 0 Å². The molecule has 0 saturated carbocycles. The molecule has 3 heteroatoms. The van der Waals surface area contributed by atoms with E-state index in [1.165, 1.54) is 54.3 Å². The van der Waals surface area contributed by atoms with Crippen molar-refractivity contribution in [2.24, 2.45) is 0 Å². The maximum Gasteiger partial charge on any atom is 0.147 e. The normalized spacial score (nSPS) is 12.5. The lowest BCUT2D eigenvalue weighted by molar-refractivity contribution is 0.579. The van der Waals surface area contributed by atoms with Crippen LogP contribution in [0.2, 0.25) is 0 Å². The van der Waals surface area contributed by atoms with E-state index in [1.807, 2.05) is 23.9 Å². The van der Waals surface area contributed by atoms with E-state index in [-0.39, 0.29) is 0 Å². The number of thiophene rings is 1. The van der Waals surface area contributed by atoms with Gasteiger partial charge in [-0.3, -0.25) is 0 Å². The third-order valence-corrected chi connectivity index (χ3v) is 6.81. The second kappa shape index (κ2) is 5.49. The number of rotatable bonds is 2. The fourth-order valence-corrected chi connectivity index (χ4v) is 5.03. The van der Waals surface area contributed by atoms with Crippen LogP contribution in [0.4, 0.5) is 0 Å². The van der Waals surface area contributed by atoms with E-state index < -0.39 is 0 Å². The molecule has 1 aliphatic rings. The largest absolute Gasteiger partial charge is 0.464 e. The van der Waals surface area contributed by atoms with Gasteiger partial charge >= 0.3 is 0 Å². The molecule has 2 nitrogen and oxygen atoms in total. The molecule has 0 fully saturated rings. The fraction of sp³-hybridized carbons (Fsp3) is 0.217. The van der Waals surface area contributed by atoms with Crippen LogP contribution in [0.5, 0.6) is 0 Å². The monoisotopic (exact) mass is 360 g/mol. The van der Waals surface area contributed by atoms with Gasteiger partial charge in [0, 0.05) is 10.4 Å². The van der Waals surface area contributed by atoms with Gasteiger partial charge in [0.25, 0.3) is 0 Å². The standard InChI is InChI=1S/C23H20O2S/c1-12-10-24-21(14(12)3)16-5-6-19-17(7-16)8-18-9-20(26-23(18)19)22-15(4)13(2)11-25-22/h5-7,9-11H,8H2,1-4H3. The van der Waals surface area contributed by atoms with Crippen LogP contribution < -0.4 is 0 Å². The van der Waals surface area contributed by atoms with Crippen LogP contribution in [-0.2, 0) is 6.42 Å². The predicted octanol–water partition coefficient (Wildman–Crippen LogP) is 7.07. The number of aryl methyl sites for hydroxylation is 2. The Balaban J connectivity index is 1.56. The highest BCUT2D eigenvalue weighted by molar-refractivity contribution is 7.19. The summed E-state index contributed by atoms with van der Waals surface area (Å²) in [5.41, 5.74) is 10.2. The highest BCUT2D eigenvalue weighted by Crippen LogP contribution is 2.47. The first-order chi connectivity index (χ1) is 12.5. The Morgan fingerprint density at radius 2 is 1.50 bits per heavy atom. The molecule has 3 heterocycles. The van der Waals surface area contributed by atoms with Gasteiger partial charge in [-0.2, -0.15) is 0 Å². The number of fused-ring (bicyclic) bond motifs is 3. The average molecular weight is 360 g/mol. The van der Waals surface area contributed by atoms with Crippen molar-refractivity contribution in [3.63, 3.8) is 0 Å². The summed E-state index contributed by atoms with van der Waals surface area (Å²) in [6.07, 6.45) is 4.67. The minimum atomic E-state index is 0.979. The molecular formula is C23H20O2S. The van der Waals surface area contributed by atoms with Crippen molar-refractivity contribution in [3.8, 4) is 32.4 Å². The second-order valence-electron chi connectivity index (χ2n) is 7.26. The molecule has 0 unspecified atom stereocenters. The Morgan fingerprint density at radius 3 is 2.15 bits per heavy atom. The highest BCUT2D eigenvalue weighted by Gasteiger charge is 2.24. The lowest BCUT2D eigenvalue weighted by Gasteiger charge is -2.05. The topological polar surface area (TPSA) is 26.3 Å². The average Bonchev–Trinajstić information content (AvgIpc) is 3.34. The van der Waals surface area contributed by atoms with Gasteiger partial charge in [0.05, 0.1) is 17.4 Å². The molecule has 0 bridgehead atoms. The zero-order valence-electron chi connectivity index (χ0n) is 15.4. The molecule has 4 aromatic rings. The summed E-state index contributed by atoms with van der Waals surface area (Å²) in [6, 6.07) is 9.01. The van der Waals surface area contributed by atoms with Crippen LogP contribution in [0.1, 0.15) is 33.4 Å². The Hall–Kier alpha value is -2.52. The molecular weight excluding hydrogens is 340 g/mol. The summed E-state index contributed by atoms with van der Waals surface area (Å²) >= 11 is 1.84. The van der Waals surface area contributed by atoms with E-state index in [0.717, 1.165) is 17.9 Å². The van der Waals surface area contributed by atoms with Gasteiger partial charge in [-0.15, -0.1) is 11.3 Å². The quantitative estimate of drug-likeness (QED) is 0.336. The zero-order chi connectivity index (χ0) is 18.0. The molecule has 0 amide bonds. The minimum absolute atomic E-state index is 0.979. The van der Waals surface area contributed by atoms with Crippen molar-refractivity contribution in [1.29, 1.82) is 0 Å². The van der Waals surface area contributed by atoms with Gasteiger partial charge in [0.2, 0.25) is 0 Å². The SMILES string of the molecule is Cc1coc(-c2ccc3c(c2)Cc2cc(-c4occ(C)c4C)sc2-3)c1C. The number of benzene rings is 1. The summed E-state index contributed by atoms with van der Waals surface area (Å²) in [5, 5.41) is 0.